The van der Waals surface area contributed by atoms with E-state index in [0.717, 1.165) is 0 Å². The van der Waals surface area contributed by atoms with E-state index in [2.05, 4.69) is 11.4 Å². The van der Waals surface area contributed by atoms with Crippen LogP contribution in [-0.4, -0.2) is 49.2 Å². The molecule has 0 aromatic heterocycles. The fourth-order valence-corrected chi connectivity index (χ4v) is 2.28. The van der Waals surface area contributed by atoms with Crippen molar-refractivity contribution in [1.82, 2.24) is 4.90 Å². The van der Waals surface area contributed by atoms with E-state index in [1.807, 2.05) is 11.8 Å². The molecule has 1 aliphatic rings. The van der Waals surface area contributed by atoms with Crippen LogP contribution in [0.15, 0.2) is 24.3 Å². The Bertz CT molecular complexity index is 539. The predicted molar refractivity (Wildman–Crippen MR) is 79.6 cm³/mol. The number of hydrogen-bond acceptors (Lipinski definition) is 5. The first-order valence-electron chi connectivity index (χ1n) is 6.98. The van der Waals surface area contributed by atoms with Gasteiger partial charge in [-0.15, -0.1) is 0 Å². The van der Waals surface area contributed by atoms with Crippen molar-refractivity contribution in [2.75, 3.05) is 31.6 Å². The Kier molecular flexibility index (Phi) is 5.28. The number of nitrogens with zero attached hydrogens (tertiary/aromatic N) is 2. The fraction of sp³-hybridized carbons (Fsp3) is 0.467. The van der Waals surface area contributed by atoms with Crippen LogP contribution >= 0.6 is 0 Å². The predicted octanol–water partition coefficient (Wildman–Crippen LogP) is 0.545. The molecule has 21 heavy (non-hydrogen) atoms. The molecule has 1 heterocycles. The zero-order chi connectivity index (χ0) is 15.2. The van der Waals surface area contributed by atoms with Gasteiger partial charge in [0.25, 0.3) is 0 Å². The Balaban J connectivity index is 1.91. The normalized spacial score (nSPS) is 20.5. The maximum absolute atomic E-state index is 12.1. The summed E-state index contributed by atoms with van der Waals surface area (Å²) in [6.45, 7) is 4.10. The minimum Gasteiger partial charge on any atom is -0.374 e. The van der Waals surface area contributed by atoms with Gasteiger partial charge in [-0.3, -0.25) is 9.69 Å². The highest BCUT2D eigenvalue weighted by Gasteiger charge is 2.24. The summed E-state index contributed by atoms with van der Waals surface area (Å²) in [6.07, 6.45) is -0.0436. The van der Waals surface area contributed by atoms with Crippen molar-refractivity contribution >= 4 is 11.6 Å². The first-order valence-corrected chi connectivity index (χ1v) is 6.98. The van der Waals surface area contributed by atoms with Gasteiger partial charge in [0, 0.05) is 19.1 Å². The Morgan fingerprint density at radius 2 is 2.38 bits per heavy atom. The molecule has 6 heteroatoms. The molecule has 1 amide bonds. The Morgan fingerprint density at radius 3 is 3.10 bits per heavy atom. The van der Waals surface area contributed by atoms with E-state index in [4.69, 9.17) is 15.7 Å². The van der Waals surface area contributed by atoms with Crippen LogP contribution < -0.4 is 11.1 Å². The molecule has 1 fully saturated rings. The second-order valence-corrected chi connectivity index (χ2v) is 5.21. The van der Waals surface area contributed by atoms with Crippen LogP contribution in [0.2, 0.25) is 0 Å². The molecule has 1 aliphatic heterocycles. The molecule has 2 unspecified atom stereocenters. The van der Waals surface area contributed by atoms with Crippen LogP contribution in [0.3, 0.4) is 0 Å². The molecule has 2 rings (SSSR count). The largest absolute Gasteiger partial charge is 0.374 e. The molecule has 0 radical (unpaired) electrons. The molecular weight excluding hydrogens is 268 g/mol. The molecule has 0 spiro atoms. The number of carbonyl (C=O) groups is 1. The van der Waals surface area contributed by atoms with Crippen LogP contribution in [0.1, 0.15) is 12.5 Å². The van der Waals surface area contributed by atoms with Gasteiger partial charge < -0.3 is 15.8 Å². The molecule has 0 bridgehead atoms. The first-order chi connectivity index (χ1) is 10.1. The zero-order valence-corrected chi connectivity index (χ0v) is 12.1. The zero-order valence-electron chi connectivity index (χ0n) is 12.1. The molecule has 112 valence electrons. The third kappa shape index (κ3) is 4.26. The van der Waals surface area contributed by atoms with Crippen LogP contribution in [0.25, 0.3) is 0 Å². The number of amides is 1. The summed E-state index contributed by atoms with van der Waals surface area (Å²) < 4.78 is 5.56. The number of hydrogen-bond donors (Lipinski definition) is 2. The molecule has 6 nitrogen and oxygen atoms in total. The average Bonchev–Trinajstić information content (AvgIpc) is 2.48. The van der Waals surface area contributed by atoms with Crippen LogP contribution in [0.4, 0.5) is 5.69 Å². The summed E-state index contributed by atoms with van der Waals surface area (Å²) >= 11 is 0. The van der Waals surface area contributed by atoms with E-state index in [0.29, 0.717) is 30.9 Å². The molecule has 1 saturated heterocycles. The SMILES string of the molecule is CC(N)C1CN(CC(=O)Nc2ccccc2C#N)CCO1. The van der Waals surface area contributed by atoms with Crippen molar-refractivity contribution in [3.8, 4) is 6.07 Å². The van der Waals surface area contributed by atoms with Gasteiger partial charge in [0.15, 0.2) is 0 Å². The lowest BCUT2D eigenvalue weighted by Gasteiger charge is -2.34. The Morgan fingerprint density at radius 1 is 1.62 bits per heavy atom. The van der Waals surface area contributed by atoms with E-state index in [-0.39, 0.29) is 24.6 Å². The molecule has 2 atom stereocenters. The van der Waals surface area contributed by atoms with Gasteiger partial charge >= 0.3 is 0 Å². The van der Waals surface area contributed by atoms with E-state index < -0.39 is 0 Å². The van der Waals surface area contributed by atoms with E-state index in [1.54, 1.807) is 24.3 Å². The number of morpholine rings is 1. The Labute approximate surface area is 124 Å². The van der Waals surface area contributed by atoms with E-state index >= 15 is 0 Å². The smallest absolute Gasteiger partial charge is 0.238 e. The van der Waals surface area contributed by atoms with Crippen molar-refractivity contribution in [2.24, 2.45) is 5.73 Å². The van der Waals surface area contributed by atoms with Crippen LogP contribution in [-0.2, 0) is 9.53 Å². The van der Waals surface area contributed by atoms with Crippen LogP contribution in [0, 0.1) is 11.3 Å². The van der Waals surface area contributed by atoms with Gasteiger partial charge in [0.05, 0.1) is 30.5 Å². The lowest BCUT2D eigenvalue weighted by Crippen LogP contribution is -2.51. The first kappa shape index (κ1) is 15.4. The second kappa shape index (κ2) is 7.18. The minimum atomic E-state index is -0.136. The molecule has 1 aromatic rings. The lowest BCUT2D eigenvalue weighted by molar-refractivity contribution is -0.119. The number of para-hydroxylation sites is 1. The number of carbonyl (C=O) groups excluding carboxylic acids is 1. The number of rotatable bonds is 4. The standard InChI is InChI=1S/C15H20N4O2/c1-11(17)14-9-19(6-7-21-14)10-15(20)18-13-5-3-2-4-12(13)8-16/h2-5,11,14H,6-7,9-10,17H2,1H3,(H,18,20). The second-order valence-electron chi connectivity index (χ2n) is 5.21. The summed E-state index contributed by atoms with van der Waals surface area (Å²) in [4.78, 5) is 14.1. The van der Waals surface area contributed by atoms with Gasteiger partial charge in [0.1, 0.15) is 6.07 Å². The highest BCUT2D eigenvalue weighted by Crippen LogP contribution is 2.14. The highest BCUT2D eigenvalue weighted by molar-refractivity contribution is 5.93. The molecular formula is C15H20N4O2. The quantitative estimate of drug-likeness (QED) is 0.844. The molecule has 3 N–H and O–H groups in total. The number of ether oxygens (including phenoxy) is 1. The minimum absolute atomic E-state index is 0.0436. The van der Waals surface area contributed by atoms with Crippen molar-refractivity contribution in [2.45, 2.75) is 19.1 Å². The molecule has 0 saturated carbocycles. The van der Waals surface area contributed by atoms with Crippen molar-refractivity contribution in [1.29, 1.82) is 5.26 Å². The number of benzene rings is 1. The van der Waals surface area contributed by atoms with Gasteiger partial charge in [-0.05, 0) is 19.1 Å². The summed E-state index contributed by atoms with van der Waals surface area (Å²) in [5, 5.41) is 11.8. The number of nitrogens with two attached hydrogens (primary N) is 1. The van der Waals surface area contributed by atoms with Gasteiger partial charge in [0.2, 0.25) is 5.91 Å². The van der Waals surface area contributed by atoms with Gasteiger partial charge in [-0.2, -0.15) is 5.26 Å². The number of nitriles is 1. The maximum Gasteiger partial charge on any atom is 0.238 e. The lowest BCUT2D eigenvalue weighted by atomic mass is 10.1. The summed E-state index contributed by atoms with van der Waals surface area (Å²) in [6, 6.07) is 8.96. The summed E-state index contributed by atoms with van der Waals surface area (Å²) in [5.41, 5.74) is 6.84. The topological polar surface area (TPSA) is 91.4 Å². The van der Waals surface area contributed by atoms with Gasteiger partial charge in [-0.1, -0.05) is 12.1 Å². The third-order valence-corrected chi connectivity index (χ3v) is 3.45. The fourth-order valence-electron chi connectivity index (χ4n) is 2.28. The van der Waals surface area contributed by atoms with Gasteiger partial charge in [-0.25, -0.2) is 0 Å². The molecule has 0 aliphatic carbocycles. The summed E-state index contributed by atoms with van der Waals surface area (Å²) in [5.74, 6) is -0.136. The monoisotopic (exact) mass is 288 g/mol. The van der Waals surface area contributed by atoms with Crippen LogP contribution in [0.5, 0.6) is 0 Å². The maximum atomic E-state index is 12.1. The van der Waals surface area contributed by atoms with Crippen molar-refractivity contribution in [3.63, 3.8) is 0 Å². The highest BCUT2D eigenvalue weighted by atomic mass is 16.5. The molecule has 1 aromatic carbocycles. The Hall–Kier alpha value is -1.94. The van der Waals surface area contributed by atoms with E-state index in [9.17, 15) is 4.79 Å². The van der Waals surface area contributed by atoms with Crippen molar-refractivity contribution < 1.29 is 9.53 Å². The average molecular weight is 288 g/mol. The van der Waals surface area contributed by atoms with E-state index in [1.165, 1.54) is 0 Å². The number of nitrogens with one attached hydrogen (secondary N) is 1. The summed E-state index contributed by atoms with van der Waals surface area (Å²) in [7, 11) is 0. The number of anilines is 1. The van der Waals surface area contributed by atoms with Crippen molar-refractivity contribution in [3.05, 3.63) is 29.8 Å². The third-order valence-electron chi connectivity index (χ3n) is 3.45.